The zero-order valence-corrected chi connectivity index (χ0v) is 27.4. The molecule has 0 rings (SSSR count). The van der Waals surface area contributed by atoms with Gasteiger partial charge in [-0.25, -0.2) is 0 Å². The molecule has 0 radical (unpaired) electrons. The molecule has 0 aromatic heterocycles. The molecule has 3 atom stereocenters. The first-order valence-electron chi connectivity index (χ1n) is 18.0. The summed E-state index contributed by atoms with van der Waals surface area (Å²) in [5.74, 6) is -0.154. The van der Waals surface area contributed by atoms with E-state index in [-0.39, 0.29) is 12.5 Å². The smallest absolute Gasteiger partial charge is 0.220 e. The van der Waals surface area contributed by atoms with Gasteiger partial charge in [0.25, 0.3) is 0 Å². The van der Waals surface area contributed by atoms with Crippen molar-refractivity contribution in [1.82, 2.24) is 5.32 Å². The quantitative estimate of drug-likeness (QED) is 0.0471. The van der Waals surface area contributed by atoms with Crippen LogP contribution in [0.1, 0.15) is 187 Å². The van der Waals surface area contributed by atoms with Gasteiger partial charge in [-0.2, -0.15) is 0 Å². The Hall–Kier alpha value is -0.910. The number of hydrogen-bond donors (Lipinski definition) is 4. The lowest BCUT2D eigenvalue weighted by molar-refractivity contribution is -0.124. The maximum absolute atomic E-state index is 12.3. The Morgan fingerprint density at radius 2 is 0.976 bits per heavy atom. The molecule has 1 amide bonds. The Balaban J connectivity index is 3.71. The molecule has 0 aliphatic carbocycles. The van der Waals surface area contributed by atoms with Crippen molar-refractivity contribution in [2.24, 2.45) is 0 Å². The van der Waals surface area contributed by atoms with Crippen molar-refractivity contribution < 1.29 is 20.1 Å². The number of allylic oxidation sites excluding steroid dienone is 2. The number of carbonyl (C=O) groups is 1. The summed E-state index contributed by atoms with van der Waals surface area (Å²) in [7, 11) is 0. The normalized spacial score (nSPS) is 14.0. The first kappa shape index (κ1) is 40.1. The zero-order valence-electron chi connectivity index (χ0n) is 27.4. The molecular weight excluding hydrogens is 510 g/mol. The van der Waals surface area contributed by atoms with Gasteiger partial charge in [-0.1, -0.05) is 154 Å². The number of unbranched alkanes of at least 4 members (excludes halogenated alkanes) is 22. The fourth-order valence-electron chi connectivity index (χ4n) is 5.51. The van der Waals surface area contributed by atoms with Crippen LogP contribution in [0.3, 0.4) is 0 Å². The number of carbonyl (C=O) groups excluding carboxylic acids is 1. The molecule has 0 heterocycles. The van der Waals surface area contributed by atoms with Gasteiger partial charge < -0.3 is 20.6 Å². The van der Waals surface area contributed by atoms with E-state index >= 15 is 0 Å². The minimum absolute atomic E-state index is 0.154. The summed E-state index contributed by atoms with van der Waals surface area (Å²) in [4.78, 5) is 12.3. The Kier molecular flexibility index (Phi) is 31.3. The maximum atomic E-state index is 12.3. The van der Waals surface area contributed by atoms with Crippen molar-refractivity contribution in [2.75, 3.05) is 6.61 Å². The molecule has 0 unspecified atom stereocenters. The Morgan fingerprint density at radius 1 is 0.585 bits per heavy atom. The molecule has 0 aliphatic rings. The lowest BCUT2D eigenvalue weighted by Crippen LogP contribution is -2.50. The minimum Gasteiger partial charge on any atom is -0.394 e. The Bertz CT molecular complexity index is 568. The number of aliphatic hydroxyl groups is 3. The van der Waals surface area contributed by atoms with Crippen LogP contribution in [0.5, 0.6) is 0 Å². The van der Waals surface area contributed by atoms with Crippen LogP contribution in [0.15, 0.2) is 12.2 Å². The molecule has 5 heteroatoms. The van der Waals surface area contributed by atoms with Crippen LogP contribution in [0.25, 0.3) is 0 Å². The molecule has 4 N–H and O–H groups in total. The molecule has 0 bridgehead atoms. The summed E-state index contributed by atoms with van der Waals surface area (Å²) in [6.45, 7) is 4.15. The van der Waals surface area contributed by atoms with Crippen molar-refractivity contribution in [3.05, 3.63) is 12.2 Å². The van der Waals surface area contributed by atoms with Gasteiger partial charge in [0.15, 0.2) is 0 Å². The van der Waals surface area contributed by atoms with Gasteiger partial charge in [0, 0.05) is 6.42 Å². The summed E-state index contributed by atoms with van der Waals surface area (Å²) in [6, 6.07) is -0.807. The summed E-state index contributed by atoms with van der Waals surface area (Å²) in [5.41, 5.74) is 0. The predicted molar refractivity (Wildman–Crippen MR) is 176 cm³/mol. The highest BCUT2D eigenvalue weighted by molar-refractivity contribution is 5.76. The fraction of sp³-hybridized carbons (Fsp3) is 0.917. The van der Waals surface area contributed by atoms with Gasteiger partial charge in [0.2, 0.25) is 5.91 Å². The van der Waals surface area contributed by atoms with Crippen LogP contribution >= 0.6 is 0 Å². The van der Waals surface area contributed by atoms with Crippen LogP contribution in [0.4, 0.5) is 0 Å². The second kappa shape index (κ2) is 32.0. The van der Waals surface area contributed by atoms with Crippen molar-refractivity contribution in [2.45, 2.75) is 205 Å². The van der Waals surface area contributed by atoms with Crippen LogP contribution in [-0.2, 0) is 4.79 Å². The number of hydrogen-bond acceptors (Lipinski definition) is 4. The number of amides is 1. The summed E-state index contributed by atoms with van der Waals surface area (Å²) in [6.07, 6.45) is 34.4. The summed E-state index contributed by atoms with van der Waals surface area (Å²) in [5, 5.41) is 33.3. The van der Waals surface area contributed by atoms with E-state index in [4.69, 9.17) is 0 Å². The molecule has 0 aliphatic heterocycles. The lowest BCUT2D eigenvalue weighted by Gasteiger charge is -2.26. The van der Waals surface area contributed by atoms with Gasteiger partial charge >= 0.3 is 0 Å². The standard InChI is InChI=1S/C36H71NO4/c1-3-5-7-9-11-13-15-17-18-19-21-23-25-27-29-31-35(40)37-33(32-38)36(41)34(39)30-28-26-24-22-20-16-14-12-10-8-6-4-2/h17-18,33-34,36,38-39,41H,3-16,19-32H2,1-2H3,(H,37,40)/b18-17-/t33-,34+,36-/m0/s1. The molecule has 0 aromatic rings. The molecule has 5 nitrogen and oxygen atoms in total. The third kappa shape index (κ3) is 27.7. The molecule has 0 spiro atoms. The molecule has 41 heavy (non-hydrogen) atoms. The second-order valence-electron chi connectivity index (χ2n) is 12.4. The highest BCUT2D eigenvalue weighted by Gasteiger charge is 2.26. The van der Waals surface area contributed by atoms with Gasteiger partial charge in [-0.15, -0.1) is 0 Å². The SMILES string of the molecule is CCCCCCCC/C=C\CCCCCCCC(=O)N[C@@H](CO)[C@H](O)[C@H](O)CCCCCCCCCCCCCC. The first-order valence-corrected chi connectivity index (χ1v) is 18.0. The van der Waals surface area contributed by atoms with Crippen molar-refractivity contribution in [3.8, 4) is 0 Å². The highest BCUT2D eigenvalue weighted by atomic mass is 16.3. The minimum atomic E-state index is -1.13. The van der Waals surface area contributed by atoms with E-state index in [0.29, 0.717) is 12.8 Å². The van der Waals surface area contributed by atoms with Crippen LogP contribution in [-0.4, -0.2) is 46.1 Å². The first-order chi connectivity index (χ1) is 20.1. The second-order valence-corrected chi connectivity index (χ2v) is 12.4. The number of nitrogens with one attached hydrogen (secondary N) is 1. The van der Waals surface area contributed by atoms with Crippen molar-refractivity contribution in [1.29, 1.82) is 0 Å². The van der Waals surface area contributed by atoms with Crippen LogP contribution in [0.2, 0.25) is 0 Å². The predicted octanol–water partition coefficient (Wildman–Crippen LogP) is 9.31. The van der Waals surface area contributed by atoms with Crippen LogP contribution < -0.4 is 5.32 Å². The monoisotopic (exact) mass is 582 g/mol. The van der Waals surface area contributed by atoms with Gasteiger partial charge in [-0.05, 0) is 38.5 Å². The summed E-state index contributed by atoms with van der Waals surface area (Å²) >= 11 is 0. The Labute approximate surface area is 255 Å². The Morgan fingerprint density at radius 3 is 1.41 bits per heavy atom. The fourth-order valence-corrected chi connectivity index (χ4v) is 5.51. The average Bonchev–Trinajstić information content (AvgIpc) is 2.97. The van der Waals surface area contributed by atoms with Gasteiger partial charge in [0.05, 0.1) is 18.8 Å². The average molecular weight is 582 g/mol. The molecule has 0 fully saturated rings. The van der Waals surface area contributed by atoms with Crippen LogP contribution in [0, 0.1) is 0 Å². The lowest BCUT2D eigenvalue weighted by atomic mass is 9.99. The van der Waals surface area contributed by atoms with Gasteiger partial charge in [0.1, 0.15) is 6.10 Å². The van der Waals surface area contributed by atoms with E-state index < -0.39 is 18.2 Å². The largest absolute Gasteiger partial charge is 0.394 e. The topological polar surface area (TPSA) is 89.8 Å². The number of rotatable bonds is 32. The molecule has 0 aromatic carbocycles. The van der Waals surface area contributed by atoms with E-state index in [2.05, 4.69) is 31.3 Å². The molecule has 0 saturated carbocycles. The number of aliphatic hydroxyl groups excluding tert-OH is 3. The van der Waals surface area contributed by atoms with E-state index in [1.807, 2.05) is 0 Å². The zero-order chi connectivity index (χ0) is 30.2. The van der Waals surface area contributed by atoms with E-state index in [9.17, 15) is 20.1 Å². The third-order valence-corrected chi connectivity index (χ3v) is 8.37. The van der Waals surface area contributed by atoms with Crippen molar-refractivity contribution in [3.63, 3.8) is 0 Å². The highest BCUT2D eigenvalue weighted by Crippen LogP contribution is 2.15. The summed E-state index contributed by atoms with van der Waals surface area (Å²) < 4.78 is 0. The molecule has 244 valence electrons. The third-order valence-electron chi connectivity index (χ3n) is 8.37. The maximum Gasteiger partial charge on any atom is 0.220 e. The van der Waals surface area contributed by atoms with E-state index in [0.717, 1.165) is 44.9 Å². The van der Waals surface area contributed by atoms with Gasteiger partial charge in [-0.3, -0.25) is 4.79 Å². The van der Waals surface area contributed by atoms with E-state index in [1.54, 1.807) is 0 Å². The molecular formula is C36H71NO4. The molecule has 0 saturated heterocycles. The van der Waals surface area contributed by atoms with E-state index in [1.165, 1.54) is 116 Å². The van der Waals surface area contributed by atoms with Crippen molar-refractivity contribution >= 4 is 5.91 Å².